The predicted molar refractivity (Wildman–Crippen MR) is 55.4 cm³/mol. The van der Waals surface area contributed by atoms with E-state index >= 15 is 0 Å². The van der Waals surface area contributed by atoms with Gasteiger partial charge in [0.25, 0.3) is 0 Å². The molecule has 0 unspecified atom stereocenters. The lowest BCUT2D eigenvalue weighted by molar-refractivity contribution is 0.630. The highest BCUT2D eigenvalue weighted by molar-refractivity contribution is 6.33. The molecule has 0 aromatic heterocycles. The second-order valence-electron chi connectivity index (χ2n) is 3.38. The second-order valence-corrected chi connectivity index (χ2v) is 3.79. The van der Waals surface area contributed by atoms with Crippen molar-refractivity contribution in [3.8, 4) is 0 Å². The van der Waals surface area contributed by atoms with Crippen molar-refractivity contribution in [1.82, 2.24) is 0 Å². The van der Waals surface area contributed by atoms with Gasteiger partial charge in [0, 0.05) is 5.92 Å². The molecule has 2 N–H and O–H groups in total. The minimum atomic E-state index is -0.430. The van der Waals surface area contributed by atoms with Gasteiger partial charge in [-0.3, -0.25) is 0 Å². The van der Waals surface area contributed by atoms with Crippen LogP contribution in [-0.2, 0) is 0 Å². The van der Waals surface area contributed by atoms with E-state index in [1.165, 1.54) is 6.07 Å². The van der Waals surface area contributed by atoms with Gasteiger partial charge in [0.15, 0.2) is 0 Å². The van der Waals surface area contributed by atoms with Crippen LogP contribution < -0.4 is 5.73 Å². The highest BCUT2D eigenvalue weighted by Crippen LogP contribution is 2.33. The van der Waals surface area contributed by atoms with E-state index in [4.69, 9.17) is 17.3 Å². The molecule has 0 amide bonds. The summed E-state index contributed by atoms with van der Waals surface area (Å²) in [7, 11) is 0. The van der Waals surface area contributed by atoms with Crippen LogP contribution in [0.15, 0.2) is 23.2 Å². The maximum atomic E-state index is 13.2. The van der Waals surface area contributed by atoms with Crippen molar-refractivity contribution in [2.45, 2.75) is 12.8 Å². The Morgan fingerprint density at radius 2 is 2.21 bits per heavy atom. The molecule has 1 aliphatic carbocycles. The van der Waals surface area contributed by atoms with Crippen LogP contribution in [0.25, 0.3) is 0 Å². The summed E-state index contributed by atoms with van der Waals surface area (Å²) in [4.78, 5) is 4.01. The quantitative estimate of drug-likeness (QED) is 0.594. The fourth-order valence-electron chi connectivity index (χ4n) is 1.20. The third-order valence-electron chi connectivity index (χ3n) is 2.17. The van der Waals surface area contributed by atoms with Gasteiger partial charge < -0.3 is 5.73 Å². The first-order valence-electron chi connectivity index (χ1n) is 4.46. The van der Waals surface area contributed by atoms with Gasteiger partial charge in [-0.05, 0) is 25.0 Å². The van der Waals surface area contributed by atoms with E-state index in [1.54, 1.807) is 12.1 Å². The summed E-state index contributed by atoms with van der Waals surface area (Å²) in [5.74, 6) is 0.378. The van der Waals surface area contributed by atoms with Gasteiger partial charge >= 0.3 is 0 Å². The molecule has 1 fully saturated rings. The molecule has 1 aliphatic rings. The van der Waals surface area contributed by atoms with Crippen LogP contribution in [-0.4, -0.2) is 5.84 Å². The zero-order chi connectivity index (χ0) is 10.1. The number of halogens is 2. The van der Waals surface area contributed by atoms with E-state index in [0.717, 1.165) is 12.8 Å². The van der Waals surface area contributed by atoms with Crippen LogP contribution in [0, 0.1) is 11.7 Å². The number of rotatable bonds is 2. The van der Waals surface area contributed by atoms with Gasteiger partial charge in [0.1, 0.15) is 17.3 Å². The summed E-state index contributed by atoms with van der Waals surface area (Å²) in [6.07, 6.45) is 2.09. The molecule has 1 aromatic rings. The van der Waals surface area contributed by atoms with Crippen LogP contribution >= 0.6 is 11.6 Å². The average Bonchev–Trinajstić information content (AvgIpc) is 2.94. The van der Waals surface area contributed by atoms with Crippen LogP contribution in [0.1, 0.15) is 12.8 Å². The molecular formula is C10H10ClFN2. The molecule has 0 bridgehead atoms. The molecule has 0 heterocycles. The standard InChI is InChI=1S/C10H10ClFN2/c11-7-2-1-3-8(12)9(7)14-10(13)6-4-5-6/h1-3,6H,4-5H2,(H2,13,14). The lowest BCUT2D eigenvalue weighted by atomic mass is 10.3. The number of hydrogen-bond acceptors (Lipinski definition) is 1. The minimum Gasteiger partial charge on any atom is -0.387 e. The van der Waals surface area contributed by atoms with Crippen LogP contribution in [0.2, 0.25) is 5.02 Å². The van der Waals surface area contributed by atoms with E-state index in [0.29, 0.717) is 16.8 Å². The van der Waals surface area contributed by atoms with Crippen LogP contribution in [0.4, 0.5) is 10.1 Å². The predicted octanol–water partition coefficient (Wildman–Crippen LogP) is 2.88. The lowest BCUT2D eigenvalue weighted by Gasteiger charge is -2.01. The van der Waals surface area contributed by atoms with E-state index < -0.39 is 5.82 Å². The summed E-state index contributed by atoms with van der Waals surface area (Å²) in [6.45, 7) is 0. The van der Waals surface area contributed by atoms with Crippen molar-refractivity contribution in [3.63, 3.8) is 0 Å². The molecule has 74 valence electrons. The van der Waals surface area contributed by atoms with E-state index in [9.17, 15) is 4.39 Å². The number of amidine groups is 1. The molecule has 0 saturated heterocycles. The molecule has 2 rings (SSSR count). The normalized spacial score (nSPS) is 17.1. The summed E-state index contributed by atoms with van der Waals surface area (Å²) in [5.41, 5.74) is 5.82. The van der Waals surface area contributed by atoms with E-state index in [-0.39, 0.29) is 5.69 Å². The maximum Gasteiger partial charge on any atom is 0.150 e. The third-order valence-corrected chi connectivity index (χ3v) is 2.48. The Bertz CT molecular complexity index is 365. The van der Waals surface area contributed by atoms with Crippen LogP contribution in [0.5, 0.6) is 0 Å². The molecule has 0 atom stereocenters. The number of nitrogens with two attached hydrogens (primary N) is 1. The molecule has 0 aliphatic heterocycles. The minimum absolute atomic E-state index is 0.151. The number of para-hydroxylation sites is 1. The van der Waals surface area contributed by atoms with E-state index in [1.807, 2.05) is 0 Å². The molecule has 4 heteroatoms. The Labute approximate surface area is 86.6 Å². The first-order chi connectivity index (χ1) is 6.68. The first kappa shape index (κ1) is 9.46. The number of benzene rings is 1. The topological polar surface area (TPSA) is 38.4 Å². The van der Waals surface area contributed by atoms with Gasteiger partial charge in [-0.1, -0.05) is 17.7 Å². The highest BCUT2D eigenvalue weighted by Gasteiger charge is 2.25. The molecule has 0 spiro atoms. The third kappa shape index (κ3) is 1.87. The fourth-order valence-corrected chi connectivity index (χ4v) is 1.40. The lowest BCUT2D eigenvalue weighted by Crippen LogP contribution is -2.13. The molecule has 0 radical (unpaired) electrons. The Kier molecular flexibility index (Phi) is 2.42. The number of nitrogens with zero attached hydrogens (tertiary/aromatic N) is 1. The van der Waals surface area contributed by atoms with Crippen molar-refractivity contribution in [3.05, 3.63) is 29.0 Å². The van der Waals surface area contributed by atoms with Gasteiger partial charge in [-0.25, -0.2) is 9.38 Å². The van der Waals surface area contributed by atoms with Crippen molar-refractivity contribution in [1.29, 1.82) is 0 Å². The Morgan fingerprint density at radius 1 is 1.50 bits per heavy atom. The van der Waals surface area contributed by atoms with E-state index in [2.05, 4.69) is 4.99 Å². The van der Waals surface area contributed by atoms with Crippen LogP contribution in [0.3, 0.4) is 0 Å². The zero-order valence-electron chi connectivity index (χ0n) is 7.50. The summed E-state index contributed by atoms with van der Waals surface area (Å²) in [6, 6.07) is 4.47. The van der Waals surface area contributed by atoms with Gasteiger partial charge in [-0.15, -0.1) is 0 Å². The fraction of sp³-hybridized carbons (Fsp3) is 0.300. The average molecular weight is 213 g/mol. The number of aliphatic imine (C=N–C) groups is 1. The zero-order valence-corrected chi connectivity index (χ0v) is 8.26. The maximum absolute atomic E-state index is 13.2. The largest absolute Gasteiger partial charge is 0.387 e. The highest BCUT2D eigenvalue weighted by atomic mass is 35.5. The summed E-state index contributed by atoms with van der Waals surface area (Å²) < 4.78 is 13.2. The smallest absolute Gasteiger partial charge is 0.150 e. The first-order valence-corrected chi connectivity index (χ1v) is 4.84. The molecule has 14 heavy (non-hydrogen) atoms. The summed E-state index contributed by atoms with van der Waals surface area (Å²) in [5, 5.41) is 0.300. The molecule has 2 nitrogen and oxygen atoms in total. The molecule has 1 aromatic carbocycles. The Morgan fingerprint density at radius 3 is 2.79 bits per heavy atom. The van der Waals surface area contributed by atoms with Crippen molar-refractivity contribution >= 4 is 23.1 Å². The summed E-state index contributed by atoms with van der Waals surface area (Å²) >= 11 is 5.80. The SMILES string of the molecule is NC(=Nc1c(F)cccc1Cl)C1CC1. The monoisotopic (exact) mass is 212 g/mol. The van der Waals surface area contributed by atoms with Gasteiger partial charge in [-0.2, -0.15) is 0 Å². The molecule has 1 saturated carbocycles. The Hall–Kier alpha value is -1.09. The second kappa shape index (κ2) is 3.58. The Balaban J connectivity index is 2.35. The van der Waals surface area contributed by atoms with Gasteiger partial charge in [0.2, 0.25) is 0 Å². The number of hydrogen-bond donors (Lipinski definition) is 1. The van der Waals surface area contributed by atoms with Crippen molar-refractivity contribution in [2.24, 2.45) is 16.6 Å². The molecular weight excluding hydrogens is 203 g/mol. The van der Waals surface area contributed by atoms with Crippen molar-refractivity contribution in [2.75, 3.05) is 0 Å². The van der Waals surface area contributed by atoms with Gasteiger partial charge in [0.05, 0.1) is 5.02 Å². The van der Waals surface area contributed by atoms with Crippen molar-refractivity contribution < 1.29 is 4.39 Å².